The summed E-state index contributed by atoms with van der Waals surface area (Å²) in [4.78, 5) is 22.8. The molecule has 2 atom stereocenters. The Hall–Kier alpha value is -1.88. The number of carboxylic acid groups (broad SMARTS) is 1. The van der Waals surface area contributed by atoms with E-state index in [1.54, 1.807) is 0 Å². The van der Waals surface area contributed by atoms with Crippen LogP contribution < -0.4 is 5.32 Å². The molecule has 1 aliphatic rings. The van der Waals surface area contributed by atoms with Crippen molar-refractivity contribution in [3.63, 3.8) is 0 Å². The Morgan fingerprint density at radius 3 is 2.48 bits per heavy atom. The van der Waals surface area contributed by atoms with Gasteiger partial charge < -0.3 is 15.2 Å². The molecule has 1 saturated heterocycles. The highest BCUT2D eigenvalue weighted by Crippen LogP contribution is 2.26. The first-order valence-corrected chi connectivity index (χ1v) is 7.22. The predicted octanol–water partition coefficient (Wildman–Crippen LogP) is 2.18. The van der Waals surface area contributed by atoms with E-state index in [-0.39, 0.29) is 17.6 Å². The van der Waals surface area contributed by atoms with Crippen molar-refractivity contribution >= 4 is 11.9 Å². The molecule has 5 nitrogen and oxygen atoms in total. The minimum absolute atomic E-state index is 0.176. The van der Waals surface area contributed by atoms with E-state index in [1.807, 2.05) is 0 Å². The molecule has 1 aromatic rings. The third-order valence-corrected chi connectivity index (χ3v) is 3.84. The van der Waals surface area contributed by atoms with Crippen LogP contribution in [0.15, 0.2) is 24.3 Å². The Morgan fingerprint density at radius 2 is 1.90 bits per heavy atom. The lowest BCUT2D eigenvalue weighted by Crippen LogP contribution is -2.34. The lowest BCUT2D eigenvalue weighted by molar-refractivity contribution is 0.0533. The zero-order valence-electron chi connectivity index (χ0n) is 12.3. The van der Waals surface area contributed by atoms with Crippen molar-refractivity contribution < 1.29 is 19.4 Å². The van der Waals surface area contributed by atoms with Crippen molar-refractivity contribution in [2.24, 2.45) is 11.8 Å². The van der Waals surface area contributed by atoms with Crippen LogP contribution in [0.3, 0.4) is 0 Å². The second-order valence-electron chi connectivity index (χ2n) is 5.72. The lowest BCUT2D eigenvalue weighted by Gasteiger charge is -2.22. The van der Waals surface area contributed by atoms with E-state index in [2.05, 4.69) is 19.2 Å². The average Bonchev–Trinajstić information content (AvgIpc) is 2.93. The van der Waals surface area contributed by atoms with Crippen LogP contribution in [0, 0.1) is 11.8 Å². The van der Waals surface area contributed by atoms with Gasteiger partial charge in [0.25, 0.3) is 5.91 Å². The van der Waals surface area contributed by atoms with Crippen LogP contribution in [-0.4, -0.2) is 36.2 Å². The molecule has 5 heteroatoms. The van der Waals surface area contributed by atoms with E-state index in [0.717, 1.165) is 13.0 Å². The first-order valence-electron chi connectivity index (χ1n) is 7.22. The number of carbonyl (C=O) groups excluding carboxylic acids is 1. The summed E-state index contributed by atoms with van der Waals surface area (Å²) in [5.41, 5.74) is 0.649. The Balaban J connectivity index is 1.91. The second kappa shape index (κ2) is 6.72. The first-order chi connectivity index (χ1) is 9.99. The lowest BCUT2D eigenvalue weighted by atomic mass is 9.93. The molecule has 114 valence electrons. The normalized spacial score (nSPS) is 21.5. The van der Waals surface area contributed by atoms with Gasteiger partial charge in [0.1, 0.15) is 0 Å². The van der Waals surface area contributed by atoms with Gasteiger partial charge in [0.2, 0.25) is 0 Å². The smallest absolute Gasteiger partial charge is 0.335 e. The van der Waals surface area contributed by atoms with E-state index in [4.69, 9.17) is 9.84 Å². The highest BCUT2D eigenvalue weighted by atomic mass is 16.5. The van der Waals surface area contributed by atoms with E-state index in [0.29, 0.717) is 23.9 Å². The van der Waals surface area contributed by atoms with Crippen LogP contribution in [0.2, 0.25) is 0 Å². The van der Waals surface area contributed by atoms with Crippen LogP contribution in [0.25, 0.3) is 0 Å². The van der Waals surface area contributed by atoms with Gasteiger partial charge in [0.15, 0.2) is 0 Å². The quantitative estimate of drug-likeness (QED) is 0.872. The van der Waals surface area contributed by atoms with Gasteiger partial charge >= 0.3 is 5.97 Å². The van der Waals surface area contributed by atoms with Crippen molar-refractivity contribution in [3.05, 3.63) is 35.4 Å². The molecule has 0 saturated carbocycles. The molecule has 0 bridgehead atoms. The van der Waals surface area contributed by atoms with E-state index in [9.17, 15) is 9.59 Å². The summed E-state index contributed by atoms with van der Waals surface area (Å²) in [6.07, 6.45) is 1.15. The molecule has 1 amide bonds. The molecular weight excluding hydrogens is 270 g/mol. The van der Waals surface area contributed by atoms with Crippen molar-refractivity contribution in [2.75, 3.05) is 13.2 Å². The first kappa shape index (κ1) is 15.5. The largest absolute Gasteiger partial charge is 0.478 e. The number of ether oxygens (including phenoxy) is 1. The fourth-order valence-corrected chi connectivity index (χ4v) is 2.70. The van der Waals surface area contributed by atoms with Crippen molar-refractivity contribution in [3.8, 4) is 0 Å². The second-order valence-corrected chi connectivity index (χ2v) is 5.72. The third-order valence-electron chi connectivity index (χ3n) is 3.84. The summed E-state index contributed by atoms with van der Waals surface area (Å²) in [6, 6.07) is 5.94. The van der Waals surface area contributed by atoms with Gasteiger partial charge in [-0.3, -0.25) is 4.79 Å². The van der Waals surface area contributed by atoms with Crippen LogP contribution in [0.4, 0.5) is 0 Å². The summed E-state index contributed by atoms with van der Waals surface area (Å²) < 4.78 is 5.69. The molecule has 1 aromatic carbocycles. The SMILES string of the molecule is CC(C)[C@H]1OCC[C@@H]1CNC(=O)c1ccc(C(=O)O)cc1. The number of rotatable bonds is 5. The number of amides is 1. The minimum Gasteiger partial charge on any atom is -0.478 e. The maximum Gasteiger partial charge on any atom is 0.335 e. The molecule has 0 spiro atoms. The van der Waals surface area contributed by atoms with E-state index in [1.165, 1.54) is 24.3 Å². The Bertz CT molecular complexity index is 510. The summed E-state index contributed by atoms with van der Waals surface area (Å²) in [6.45, 7) is 5.57. The molecule has 1 fully saturated rings. The van der Waals surface area contributed by atoms with Crippen molar-refractivity contribution in [1.29, 1.82) is 0 Å². The van der Waals surface area contributed by atoms with Gasteiger partial charge in [-0.1, -0.05) is 13.8 Å². The molecule has 0 aromatic heterocycles. The third kappa shape index (κ3) is 3.82. The van der Waals surface area contributed by atoms with Gasteiger partial charge in [0, 0.05) is 24.6 Å². The number of hydrogen-bond acceptors (Lipinski definition) is 3. The zero-order valence-corrected chi connectivity index (χ0v) is 12.3. The molecule has 1 heterocycles. The molecule has 21 heavy (non-hydrogen) atoms. The predicted molar refractivity (Wildman–Crippen MR) is 78.4 cm³/mol. The van der Waals surface area contributed by atoms with Crippen molar-refractivity contribution in [1.82, 2.24) is 5.32 Å². The maximum atomic E-state index is 12.1. The van der Waals surface area contributed by atoms with Crippen LogP contribution in [-0.2, 0) is 4.74 Å². The molecule has 0 aliphatic carbocycles. The number of carbonyl (C=O) groups is 2. The number of carboxylic acids is 1. The molecule has 1 aliphatic heterocycles. The molecule has 0 radical (unpaired) electrons. The van der Waals surface area contributed by atoms with Crippen LogP contribution >= 0.6 is 0 Å². The number of hydrogen-bond donors (Lipinski definition) is 2. The minimum atomic E-state index is -0.996. The Morgan fingerprint density at radius 1 is 1.29 bits per heavy atom. The van der Waals surface area contributed by atoms with E-state index < -0.39 is 5.97 Å². The molecule has 0 unspecified atom stereocenters. The van der Waals surface area contributed by atoms with Gasteiger partial charge in [-0.15, -0.1) is 0 Å². The number of aromatic carboxylic acids is 1. The average molecular weight is 291 g/mol. The topological polar surface area (TPSA) is 75.6 Å². The van der Waals surface area contributed by atoms with Gasteiger partial charge in [-0.25, -0.2) is 4.79 Å². The van der Waals surface area contributed by atoms with Gasteiger partial charge in [-0.2, -0.15) is 0 Å². The standard InChI is InChI=1S/C16H21NO4/c1-10(2)14-13(7-8-21-14)9-17-15(18)11-3-5-12(6-4-11)16(19)20/h3-6,10,13-14H,7-9H2,1-2H3,(H,17,18)(H,19,20)/t13-,14-/m1/s1. The fraction of sp³-hybridized carbons (Fsp3) is 0.500. The highest BCUT2D eigenvalue weighted by Gasteiger charge is 2.30. The Labute approximate surface area is 124 Å². The van der Waals surface area contributed by atoms with Gasteiger partial charge in [-0.05, 0) is 36.6 Å². The van der Waals surface area contributed by atoms with Gasteiger partial charge in [0.05, 0.1) is 11.7 Å². The molecule has 2 rings (SSSR count). The van der Waals surface area contributed by atoms with E-state index >= 15 is 0 Å². The number of nitrogens with one attached hydrogen (secondary N) is 1. The summed E-state index contributed by atoms with van der Waals surface area (Å²) in [5.74, 6) is -0.400. The highest BCUT2D eigenvalue weighted by molar-refractivity contribution is 5.95. The summed E-state index contributed by atoms with van der Waals surface area (Å²) in [5, 5.41) is 11.7. The Kier molecular flexibility index (Phi) is 4.96. The van der Waals surface area contributed by atoms with Crippen LogP contribution in [0.5, 0.6) is 0 Å². The molecule has 2 N–H and O–H groups in total. The summed E-state index contributed by atoms with van der Waals surface area (Å²) >= 11 is 0. The van der Waals surface area contributed by atoms with Crippen LogP contribution in [0.1, 0.15) is 41.0 Å². The zero-order chi connectivity index (χ0) is 15.4. The van der Waals surface area contributed by atoms with Crippen molar-refractivity contribution in [2.45, 2.75) is 26.4 Å². The fourth-order valence-electron chi connectivity index (χ4n) is 2.70. The number of benzene rings is 1. The monoisotopic (exact) mass is 291 g/mol. The summed E-state index contributed by atoms with van der Waals surface area (Å²) in [7, 11) is 0. The molecular formula is C16H21NO4. The maximum absolute atomic E-state index is 12.1.